The van der Waals surface area contributed by atoms with E-state index < -0.39 is 0 Å². The maximum absolute atomic E-state index is 11.8. The normalized spacial score (nSPS) is 10.1. The molecule has 1 heterocycles. The predicted molar refractivity (Wildman–Crippen MR) is 62.3 cm³/mol. The van der Waals surface area contributed by atoms with Gasteiger partial charge in [0.2, 0.25) is 0 Å². The zero-order valence-electron chi connectivity index (χ0n) is 8.86. The van der Waals surface area contributed by atoms with E-state index in [4.69, 9.17) is 10.2 Å². The average molecular weight is 216 g/mol. The summed E-state index contributed by atoms with van der Waals surface area (Å²) in [6.45, 7) is 1.81. The van der Waals surface area contributed by atoms with Crippen LogP contribution in [0.25, 0.3) is 0 Å². The fourth-order valence-electron chi connectivity index (χ4n) is 1.38. The third kappa shape index (κ3) is 2.06. The molecule has 0 aliphatic heterocycles. The van der Waals surface area contributed by atoms with Gasteiger partial charge in [-0.3, -0.25) is 10.1 Å². The highest BCUT2D eigenvalue weighted by Crippen LogP contribution is 2.16. The summed E-state index contributed by atoms with van der Waals surface area (Å²) in [7, 11) is 0. The van der Waals surface area contributed by atoms with Crippen LogP contribution in [-0.2, 0) is 0 Å². The first-order chi connectivity index (χ1) is 7.66. The summed E-state index contributed by atoms with van der Waals surface area (Å²) >= 11 is 0. The molecule has 3 N–H and O–H groups in total. The molecule has 82 valence electrons. The molecule has 0 radical (unpaired) electrons. The minimum Gasteiger partial charge on any atom is -0.446 e. The van der Waals surface area contributed by atoms with Crippen molar-refractivity contribution in [2.75, 3.05) is 11.1 Å². The van der Waals surface area contributed by atoms with Gasteiger partial charge in [-0.05, 0) is 25.1 Å². The average Bonchev–Trinajstić information content (AvgIpc) is 2.64. The smallest absolute Gasteiger partial charge is 0.260 e. The molecule has 2 aromatic rings. The van der Waals surface area contributed by atoms with Crippen LogP contribution in [0.1, 0.15) is 16.1 Å². The van der Waals surface area contributed by atoms with Crippen LogP contribution < -0.4 is 11.1 Å². The Labute approximate surface area is 93.1 Å². The Kier molecular flexibility index (Phi) is 2.64. The molecule has 2 rings (SSSR count). The zero-order chi connectivity index (χ0) is 11.5. The lowest BCUT2D eigenvalue weighted by atomic mass is 10.2. The van der Waals surface area contributed by atoms with Crippen LogP contribution in [0.15, 0.2) is 40.8 Å². The molecule has 1 aromatic carbocycles. The minimum atomic E-state index is -0.271. The summed E-state index contributed by atoms with van der Waals surface area (Å²) in [5.74, 6) is 0.898. The van der Waals surface area contributed by atoms with Crippen molar-refractivity contribution >= 4 is 17.5 Å². The van der Waals surface area contributed by atoms with Crippen LogP contribution in [0.3, 0.4) is 0 Å². The van der Waals surface area contributed by atoms with E-state index in [9.17, 15) is 4.79 Å². The van der Waals surface area contributed by atoms with Gasteiger partial charge < -0.3 is 10.2 Å². The second-order valence-electron chi connectivity index (χ2n) is 3.45. The van der Waals surface area contributed by atoms with E-state index in [-0.39, 0.29) is 5.91 Å². The van der Waals surface area contributed by atoms with Crippen molar-refractivity contribution in [1.29, 1.82) is 0 Å². The number of nitrogens with one attached hydrogen (secondary N) is 1. The Bertz CT molecular complexity index is 517. The second kappa shape index (κ2) is 4.10. The van der Waals surface area contributed by atoms with E-state index in [1.807, 2.05) is 6.92 Å². The molecular formula is C12H12N2O2. The van der Waals surface area contributed by atoms with Gasteiger partial charge in [0, 0.05) is 11.8 Å². The summed E-state index contributed by atoms with van der Waals surface area (Å²) in [4.78, 5) is 11.8. The summed E-state index contributed by atoms with van der Waals surface area (Å²) in [6, 6.07) is 10.4. The van der Waals surface area contributed by atoms with E-state index in [2.05, 4.69) is 5.32 Å². The quantitative estimate of drug-likeness (QED) is 0.757. The van der Waals surface area contributed by atoms with Crippen molar-refractivity contribution in [2.45, 2.75) is 6.92 Å². The molecule has 0 aliphatic rings. The minimum absolute atomic E-state index is 0.271. The molecule has 0 saturated carbocycles. The monoisotopic (exact) mass is 216 g/mol. The number of nitrogens with two attached hydrogens (primary N) is 1. The topological polar surface area (TPSA) is 68.3 Å². The maximum Gasteiger partial charge on any atom is 0.260 e. The molecule has 0 atom stereocenters. The van der Waals surface area contributed by atoms with Crippen molar-refractivity contribution in [3.63, 3.8) is 0 Å². The Morgan fingerprint density at radius 3 is 2.62 bits per heavy atom. The lowest BCUT2D eigenvalue weighted by Gasteiger charge is -2.04. The number of anilines is 2. The van der Waals surface area contributed by atoms with Gasteiger partial charge in [0.15, 0.2) is 5.88 Å². The van der Waals surface area contributed by atoms with Crippen molar-refractivity contribution < 1.29 is 9.21 Å². The van der Waals surface area contributed by atoms with Crippen molar-refractivity contribution in [1.82, 2.24) is 0 Å². The SMILES string of the molecule is Cc1ccc(NC(=O)c2ccccc2N)o1. The number of benzene rings is 1. The molecule has 1 aromatic heterocycles. The summed E-state index contributed by atoms with van der Waals surface area (Å²) < 4.78 is 5.24. The van der Waals surface area contributed by atoms with E-state index in [0.717, 1.165) is 5.76 Å². The Balaban J connectivity index is 2.18. The van der Waals surface area contributed by atoms with E-state index >= 15 is 0 Å². The number of para-hydroxylation sites is 1. The summed E-state index contributed by atoms with van der Waals surface area (Å²) in [5.41, 5.74) is 6.58. The molecule has 4 nitrogen and oxygen atoms in total. The molecule has 0 spiro atoms. The highest BCUT2D eigenvalue weighted by molar-refractivity contribution is 6.07. The lowest BCUT2D eigenvalue weighted by Crippen LogP contribution is -2.13. The fraction of sp³-hybridized carbons (Fsp3) is 0.0833. The van der Waals surface area contributed by atoms with Gasteiger partial charge in [0.25, 0.3) is 5.91 Å². The first kappa shape index (κ1) is 10.3. The number of carbonyl (C=O) groups excluding carboxylic acids is 1. The van der Waals surface area contributed by atoms with Crippen LogP contribution in [0.4, 0.5) is 11.6 Å². The van der Waals surface area contributed by atoms with Gasteiger partial charge >= 0.3 is 0 Å². The van der Waals surface area contributed by atoms with E-state index in [1.54, 1.807) is 36.4 Å². The fourth-order valence-corrected chi connectivity index (χ4v) is 1.38. The zero-order valence-corrected chi connectivity index (χ0v) is 8.86. The van der Waals surface area contributed by atoms with Gasteiger partial charge in [-0.2, -0.15) is 0 Å². The third-order valence-electron chi connectivity index (χ3n) is 2.18. The third-order valence-corrected chi connectivity index (χ3v) is 2.18. The van der Waals surface area contributed by atoms with Crippen LogP contribution in [-0.4, -0.2) is 5.91 Å². The molecule has 0 fully saturated rings. The van der Waals surface area contributed by atoms with Crippen molar-refractivity contribution in [2.24, 2.45) is 0 Å². The Morgan fingerprint density at radius 1 is 1.25 bits per heavy atom. The van der Waals surface area contributed by atoms with Crippen molar-refractivity contribution in [3.05, 3.63) is 47.7 Å². The number of hydrogen-bond donors (Lipinski definition) is 2. The number of nitrogen functional groups attached to an aromatic ring is 1. The first-order valence-corrected chi connectivity index (χ1v) is 4.89. The molecule has 16 heavy (non-hydrogen) atoms. The van der Waals surface area contributed by atoms with Gasteiger partial charge in [-0.15, -0.1) is 0 Å². The van der Waals surface area contributed by atoms with Gasteiger partial charge in [0.05, 0.1) is 5.56 Å². The lowest BCUT2D eigenvalue weighted by molar-refractivity contribution is 0.102. The highest BCUT2D eigenvalue weighted by atomic mass is 16.4. The summed E-state index contributed by atoms with van der Waals surface area (Å²) in [6.07, 6.45) is 0. The Hall–Kier alpha value is -2.23. The molecule has 0 saturated heterocycles. The highest BCUT2D eigenvalue weighted by Gasteiger charge is 2.10. The predicted octanol–water partition coefficient (Wildman–Crippen LogP) is 2.42. The van der Waals surface area contributed by atoms with E-state index in [1.165, 1.54) is 0 Å². The van der Waals surface area contributed by atoms with Crippen molar-refractivity contribution in [3.8, 4) is 0 Å². The molecule has 4 heteroatoms. The first-order valence-electron chi connectivity index (χ1n) is 4.89. The molecule has 0 bridgehead atoms. The summed E-state index contributed by atoms with van der Waals surface area (Å²) in [5, 5.41) is 2.63. The molecule has 0 unspecified atom stereocenters. The largest absolute Gasteiger partial charge is 0.446 e. The number of aryl methyl sites for hydroxylation is 1. The Morgan fingerprint density at radius 2 is 2.00 bits per heavy atom. The van der Waals surface area contributed by atoms with Crippen LogP contribution in [0.2, 0.25) is 0 Å². The van der Waals surface area contributed by atoms with Crippen LogP contribution in [0.5, 0.6) is 0 Å². The maximum atomic E-state index is 11.8. The van der Waals surface area contributed by atoms with Gasteiger partial charge in [-0.1, -0.05) is 12.1 Å². The van der Waals surface area contributed by atoms with Gasteiger partial charge in [0.1, 0.15) is 5.76 Å². The standard InChI is InChI=1S/C12H12N2O2/c1-8-6-7-11(16-8)14-12(15)9-4-2-3-5-10(9)13/h2-7H,13H2,1H3,(H,14,15). The molecular weight excluding hydrogens is 204 g/mol. The number of furan rings is 1. The molecule has 0 aliphatic carbocycles. The van der Waals surface area contributed by atoms with Gasteiger partial charge in [-0.25, -0.2) is 0 Å². The number of hydrogen-bond acceptors (Lipinski definition) is 3. The number of carbonyl (C=O) groups is 1. The second-order valence-corrected chi connectivity index (χ2v) is 3.45. The van der Waals surface area contributed by atoms with Crippen LogP contribution >= 0.6 is 0 Å². The van der Waals surface area contributed by atoms with Crippen LogP contribution in [0, 0.1) is 6.92 Å². The molecule has 1 amide bonds. The van der Waals surface area contributed by atoms with E-state index in [0.29, 0.717) is 17.1 Å². The number of amides is 1. The number of rotatable bonds is 2.